The molecule has 0 radical (unpaired) electrons. The molecule has 0 spiro atoms. The van der Waals surface area contributed by atoms with Gasteiger partial charge in [-0.05, 0) is 58.9 Å². The molecule has 3 aliphatic rings. The summed E-state index contributed by atoms with van der Waals surface area (Å²) in [4.78, 5) is 12.9. The van der Waals surface area contributed by atoms with Crippen LogP contribution in [-0.2, 0) is 18.3 Å². The Balaban J connectivity index is 1.15. The lowest BCUT2D eigenvalue weighted by Crippen LogP contribution is -2.51. The van der Waals surface area contributed by atoms with E-state index in [0.29, 0.717) is 29.4 Å². The number of hydrogen-bond donors (Lipinski definition) is 2. The van der Waals surface area contributed by atoms with E-state index in [2.05, 4.69) is 28.7 Å². The van der Waals surface area contributed by atoms with Gasteiger partial charge in [0.1, 0.15) is 11.9 Å². The molecular weight excluding hydrogens is 417 g/mol. The van der Waals surface area contributed by atoms with Crippen molar-refractivity contribution in [3.63, 3.8) is 0 Å². The predicted molar refractivity (Wildman–Crippen MR) is 122 cm³/mol. The van der Waals surface area contributed by atoms with E-state index < -0.39 is 6.04 Å². The molecule has 6 nitrogen and oxygen atoms in total. The molecule has 6 rings (SSSR count). The van der Waals surface area contributed by atoms with Crippen molar-refractivity contribution < 1.29 is 9.18 Å². The molecule has 1 saturated heterocycles. The van der Waals surface area contributed by atoms with Crippen molar-refractivity contribution in [2.75, 3.05) is 0 Å². The Bertz CT molecular complexity index is 1310. The molecule has 33 heavy (non-hydrogen) atoms. The molecule has 2 N–H and O–H groups in total. The van der Waals surface area contributed by atoms with Gasteiger partial charge in [0.25, 0.3) is 0 Å². The van der Waals surface area contributed by atoms with Crippen molar-refractivity contribution in [1.29, 1.82) is 5.26 Å². The van der Waals surface area contributed by atoms with Crippen LogP contribution in [0.1, 0.15) is 18.9 Å². The van der Waals surface area contributed by atoms with Crippen molar-refractivity contribution in [3.05, 3.63) is 54.0 Å². The smallest absolute Gasteiger partial charge is 0.238 e. The van der Waals surface area contributed by atoms with Crippen LogP contribution in [0.2, 0.25) is 0 Å². The molecule has 7 heteroatoms. The maximum absolute atomic E-state index is 15.0. The molecule has 2 aliphatic carbocycles. The number of nitriles is 1. The van der Waals surface area contributed by atoms with Gasteiger partial charge in [-0.1, -0.05) is 31.2 Å². The minimum absolute atomic E-state index is 0.131. The second-order valence-corrected chi connectivity index (χ2v) is 9.91. The molecule has 1 amide bonds. The van der Waals surface area contributed by atoms with Crippen LogP contribution in [0, 0.1) is 40.8 Å². The minimum Gasteiger partial charge on any atom is -0.339 e. The first-order valence-corrected chi connectivity index (χ1v) is 11.6. The second kappa shape index (κ2) is 7.39. The number of halogens is 1. The topological polar surface area (TPSA) is 82.7 Å². The Hall–Kier alpha value is -3.24. The SMILES string of the molecule is C[C@H]1[C@H]2[C@H]3C[C@H](N[C@@H]3C(=O)N[C@H](C#N)Cc3ccc(-c4ccc5cnn(C)c5c4)cc3F)[C@@H]12. The summed E-state index contributed by atoms with van der Waals surface area (Å²) < 4.78 is 16.8. The van der Waals surface area contributed by atoms with Gasteiger partial charge in [-0.25, -0.2) is 4.39 Å². The number of rotatable bonds is 5. The number of aryl methyl sites for hydroxylation is 1. The summed E-state index contributed by atoms with van der Waals surface area (Å²) in [7, 11) is 1.88. The highest BCUT2D eigenvalue weighted by Gasteiger charge is 2.67. The van der Waals surface area contributed by atoms with Crippen LogP contribution in [0.25, 0.3) is 22.0 Å². The Kier molecular flexibility index (Phi) is 4.56. The number of carbonyl (C=O) groups excluding carboxylic acids is 1. The zero-order valence-corrected chi connectivity index (χ0v) is 18.6. The van der Waals surface area contributed by atoms with E-state index >= 15 is 0 Å². The molecule has 1 aromatic heterocycles. The average Bonchev–Trinajstić information content (AvgIpc) is 3.16. The molecule has 2 heterocycles. The Labute approximate surface area is 191 Å². The van der Waals surface area contributed by atoms with Crippen LogP contribution in [0.5, 0.6) is 0 Å². The second-order valence-electron chi connectivity index (χ2n) is 9.91. The van der Waals surface area contributed by atoms with Crippen LogP contribution in [0.15, 0.2) is 42.6 Å². The number of nitrogens with one attached hydrogen (secondary N) is 2. The highest BCUT2D eigenvalue weighted by Crippen LogP contribution is 2.64. The maximum Gasteiger partial charge on any atom is 0.238 e. The van der Waals surface area contributed by atoms with Crippen LogP contribution in [-0.4, -0.2) is 33.8 Å². The van der Waals surface area contributed by atoms with Crippen molar-refractivity contribution >= 4 is 16.8 Å². The molecule has 1 aliphatic heterocycles. The van der Waals surface area contributed by atoms with Crippen LogP contribution in [0.4, 0.5) is 4.39 Å². The van der Waals surface area contributed by atoms with Crippen LogP contribution < -0.4 is 10.6 Å². The molecular formula is C26H26FN5O. The van der Waals surface area contributed by atoms with Gasteiger partial charge in [0.2, 0.25) is 5.91 Å². The number of nitrogens with zero attached hydrogens (tertiary/aromatic N) is 3. The third-order valence-corrected chi connectivity index (χ3v) is 8.14. The summed E-state index contributed by atoms with van der Waals surface area (Å²) in [6.07, 6.45) is 2.99. The number of hydrogen-bond acceptors (Lipinski definition) is 4. The van der Waals surface area contributed by atoms with Crippen LogP contribution in [0.3, 0.4) is 0 Å². The first kappa shape index (κ1) is 20.4. The van der Waals surface area contributed by atoms with E-state index in [1.54, 1.807) is 16.9 Å². The van der Waals surface area contributed by atoms with E-state index in [1.807, 2.05) is 31.3 Å². The van der Waals surface area contributed by atoms with Gasteiger partial charge in [-0.15, -0.1) is 0 Å². The Morgan fingerprint density at radius 3 is 2.85 bits per heavy atom. The molecule has 3 aromatic rings. The van der Waals surface area contributed by atoms with Gasteiger partial charge in [-0.3, -0.25) is 9.48 Å². The van der Waals surface area contributed by atoms with E-state index in [9.17, 15) is 14.4 Å². The first-order valence-electron chi connectivity index (χ1n) is 11.6. The molecule has 2 aromatic carbocycles. The molecule has 0 unspecified atom stereocenters. The lowest BCUT2D eigenvalue weighted by Gasteiger charge is -2.23. The number of aromatic nitrogens is 2. The normalized spacial score (nSPS) is 30.1. The van der Waals surface area contributed by atoms with E-state index in [0.717, 1.165) is 34.4 Å². The largest absolute Gasteiger partial charge is 0.339 e. The summed E-state index contributed by atoms with van der Waals surface area (Å²) in [5.41, 5.74) is 3.06. The summed E-state index contributed by atoms with van der Waals surface area (Å²) in [5.74, 6) is 1.91. The third-order valence-electron chi connectivity index (χ3n) is 8.14. The lowest BCUT2D eigenvalue weighted by atomic mass is 9.94. The average molecular weight is 444 g/mol. The monoisotopic (exact) mass is 443 g/mol. The fourth-order valence-electron chi connectivity index (χ4n) is 6.43. The maximum atomic E-state index is 15.0. The molecule has 7 atom stereocenters. The van der Waals surface area contributed by atoms with Gasteiger partial charge in [0, 0.05) is 24.9 Å². The fourth-order valence-corrected chi connectivity index (χ4v) is 6.43. The molecule has 3 fully saturated rings. The number of carbonyl (C=O) groups is 1. The van der Waals surface area contributed by atoms with Crippen molar-refractivity contribution in [1.82, 2.24) is 20.4 Å². The number of piperidine rings is 1. The van der Waals surface area contributed by atoms with Gasteiger partial charge in [0.15, 0.2) is 0 Å². The number of benzene rings is 2. The highest BCUT2D eigenvalue weighted by atomic mass is 19.1. The van der Waals surface area contributed by atoms with Crippen molar-refractivity contribution in [2.45, 2.75) is 37.9 Å². The Morgan fingerprint density at radius 2 is 2.09 bits per heavy atom. The van der Waals surface area contributed by atoms with Gasteiger partial charge < -0.3 is 10.6 Å². The fraction of sp³-hybridized carbons (Fsp3) is 0.423. The van der Waals surface area contributed by atoms with Crippen molar-refractivity contribution in [3.8, 4) is 17.2 Å². The summed E-state index contributed by atoms with van der Waals surface area (Å²) >= 11 is 0. The van der Waals surface area contributed by atoms with Crippen molar-refractivity contribution in [2.24, 2.45) is 30.7 Å². The zero-order valence-electron chi connectivity index (χ0n) is 18.6. The number of amides is 1. The zero-order chi connectivity index (χ0) is 22.9. The summed E-state index contributed by atoms with van der Waals surface area (Å²) in [6.45, 7) is 2.26. The standard InChI is InChI=1S/C26H26FN5O/c1-13-23-19-10-21(24(13)23)31-25(19)26(33)30-18(11-28)7-16-5-3-14(8-20(16)27)15-4-6-17-12-29-32(2)22(17)9-15/h3-6,8-9,12-13,18-19,21,23-25,31H,7,10H2,1-2H3,(H,30,33)/t13-,18-,19+,21-,23-,24+,25-/m0/s1. The highest BCUT2D eigenvalue weighted by molar-refractivity contribution is 5.85. The molecule has 168 valence electrons. The van der Waals surface area contributed by atoms with Crippen LogP contribution >= 0.6 is 0 Å². The van der Waals surface area contributed by atoms with E-state index in [4.69, 9.17) is 0 Å². The van der Waals surface area contributed by atoms with Gasteiger partial charge >= 0.3 is 0 Å². The van der Waals surface area contributed by atoms with E-state index in [-0.39, 0.29) is 24.2 Å². The predicted octanol–water partition coefficient (Wildman–Crippen LogP) is 3.17. The van der Waals surface area contributed by atoms with Gasteiger partial charge in [0.05, 0.1) is 23.8 Å². The molecule has 2 saturated carbocycles. The lowest BCUT2D eigenvalue weighted by molar-refractivity contribution is -0.124. The Morgan fingerprint density at radius 1 is 1.30 bits per heavy atom. The quantitative estimate of drug-likeness (QED) is 0.635. The summed E-state index contributed by atoms with van der Waals surface area (Å²) in [5, 5.41) is 21.2. The van der Waals surface area contributed by atoms with Gasteiger partial charge in [-0.2, -0.15) is 10.4 Å². The third kappa shape index (κ3) is 3.24. The first-order chi connectivity index (χ1) is 15.9. The summed E-state index contributed by atoms with van der Waals surface area (Å²) in [6, 6.07) is 12.5. The number of fused-ring (bicyclic) bond motifs is 6. The minimum atomic E-state index is -0.767. The van der Waals surface area contributed by atoms with E-state index in [1.165, 1.54) is 6.07 Å². The molecule has 2 bridgehead atoms.